The van der Waals surface area contributed by atoms with Crippen LogP contribution in [0, 0.1) is 6.92 Å². The predicted octanol–water partition coefficient (Wildman–Crippen LogP) is 4.15. The van der Waals surface area contributed by atoms with Gasteiger partial charge in [0, 0.05) is 11.1 Å². The molecule has 0 spiro atoms. The van der Waals surface area contributed by atoms with Gasteiger partial charge in [-0.25, -0.2) is 4.98 Å². The molecule has 0 amide bonds. The van der Waals surface area contributed by atoms with Crippen LogP contribution in [0.25, 0.3) is 16.7 Å². The van der Waals surface area contributed by atoms with Crippen LogP contribution >= 0.6 is 23.1 Å². The molecule has 0 aliphatic carbocycles. The molecular weight excluding hydrogens is 402 g/mol. The molecule has 144 valence electrons. The highest BCUT2D eigenvalue weighted by atomic mass is 32.2. The maximum absolute atomic E-state index is 13.2. The number of hydrogen-bond donors (Lipinski definition) is 0. The second kappa shape index (κ2) is 7.46. The molecule has 0 radical (unpaired) electrons. The monoisotopic (exact) mass is 419 g/mol. The Morgan fingerprint density at radius 1 is 1.03 bits per heavy atom. The summed E-state index contributed by atoms with van der Waals surface area (Å²) in [6.45, 7) is 2.45. The highest BCUT2D eigenvalue weighted by molar-refractivity contribution is 7.98. The van der Waals surface area contributed by atoms with Crippen molar-refractivity contribution in [2.75, 3.05) is 0 Å². The molecule has 8 heteroatoms. The number of thioether (sulfide) groups is 1. The highest BCUT2D eigenvalue weighted by Gasteiger charge is 2.17. The number of hydrogen-bond acceptors (Lipinski definition) is 6. The first-order chi connectivity index (χ1) is 14.2. The Bertz CT molecular complexity index is 1370. The molecule has 0 unspecified atom stereocenters. The van der Waals surface area contributed by atoms with Crippen LogP contribution in [0.15, 0.2) is 69.9 Å². The molecule has 3 aromatic heterocycles. The van der Waals surface area contributed by atoms with Crippen LogP contribution in [0.5, 0.6) is 0 Å². The van der Waals surface area contributed by atoms with E-state index in [1.807, 2.05) is 65.9 Å². The minimum absolute atomic E-state index is 0.0592. The average Bonchev–Trinajstić information content (AvgIpc) is 3.36. The minimum atomic E-state index is -0.0592. The van der Waals surface area contributed by atoms with E-state index in [0.717, 1.165) is 26.9 Å². The molecule has 0 aliphatic rings. The van der Waals surface area contributed by atoms with Crippen molar-refractivity contribution >= 4 is 39.8 Å². The van der Waals surface area contributed by atoms with Crippen LogP contribution in [-0.2, 0) is 12.3 Å². The largest absolute Gasteiger partial charge is 0.272 e. The van der Waals surface area contributed by atoms with Crippen molar-refractivity contribution in [3.63, 3.8) is 0 Å². The first-order valence-corrected chi connectivity index (χ1v) is 11.0. The van der Waals surface area contributed by atoms with Crippen molar-refractivity contribution in [3.05, 3.63) is 86.6 Å². The number of benzene rings is 2. The van der Waals surface area contributed by atoms with Gasteiger partial charge < -0.3 is 0 Å². The third-order valence-corrected chi connectivity index (χ3v) is 6.46. The molecule has 0 N–H and O–H groups in total. The fourth-order valence-corrected chi connectivity index (χ4v) is 4.90. The standard InChI is InChI=1S/C21H17N5OS2/c1-14-22-16(12-28-14)13-29-21-24-23-20-25(11-15-7-3-2-4-8-15)19(27)17-9-5-6-10-18(17)26(20)21/h2-10,12H,11,13H2,1H3. The summed E-state index contributed by atoms with van der Waals surface area (Å²) < 4.78 is 3.67. The average molecular weight is 420 g/mol. The van der Waals surface area contributed by atoms with Gasteiger partial charge in [-0.2, -0.15) is 0 Å². The molecule has 3 heterocycles. The fourth-order valence-electron chi connectivity index (χ4n) is 3.35. The van der Waals surface area contributed by atoms with Gasteiger partial charge in [0.05, 0.1) is 28.1 Å². The van der Waals surface area contributed by atoms with E-state index in [0.29, 0.717) is 23.5 Å². The Kier molecular flexibility index (Phi) is 4.65. The Morgan fingerprint density at radius 3 is 2.62 bits per heavy atom. The van der Waals surface area contributed by atoms with Crippen molar-refractivity contribution in [2.24, 2.45) is 0 Å². The maximum atomic E-state index is 13.2. The summed E-state index contributed by atoms with van der Waals surface area (Å²) in [4.78, 5) is 17.7. The van der Waals surface area contributed by atoms with Crippen molar-refractivity contribution in [1.29, 1.82) is 0 Å². The molecule has 0 saturated carbocycles. The Labute approximate surface area is 174 Å². The van der Waals surface area contributed by atoms with E-state index >= 15 is 0 Å². The molecule has 2 aromatic carbocycles. The van der Waals surface area contributed by atoms with Crippen LogP contribution < -0.4 is 5.56 Å². The normalized spacial score (nSPS) is 11.5. The molecule has 5 rings (SSSR count). The predicted molar refractivity (Wildman–Crippen MR) is 117 cm³/mol. The molecule has 0 saturated heterocycles. The van der Waals surface area contributed by atoms with Crippen LogP contribution in [0.2, 0.25) is 0 Å². The number of rotatable bonds is 5. The van der Waals surface area contributed by atoms with Crippen LogP contribution in [0.4, 0.5) is 0 Å². The Balaban J connectivity index is 1.65. The van der Waals surface area contributed by atoms with E-state index in [4.69, 9.17) is 0 Å². The first kappa shape index (κ1) is 18.1. The lowest BCUT2D eigenvalue weighted by molar-refractivity contribution is 0.764. The van der Waals surface area contributed by atoms with Gasteiger partial charge in [-0.05, 0) is 24.6 Å². The van der Waals surface area contributed by atoms with E-state index in [9.17, 15) is 4.79 Å². The number of aryl methyl sites for hydroxylation is 1. The number of nitrogens with zero attached hydrogens (tertiary/aromatic N) is 5. The third kappa shape index (κ3) is 3.34. The van der Waals surface area contributed by atoms with Gasteiger partial charge in [0.25, 0.3) is 5.56 Å². The van der Waals surface area contributed by atoms with Gasteiger partial charge in [0.2, 0.25) is 5.78 Å². The summed E-state index contributed by atoms with van der Waals surface area (Å²) in [5, 5.41) is 13.3. The molecule has 0 atom stereocenters. The summed E-state index contributed by atoms with van der Waals surface area (Å²) >= 11 is 3.22. The number of thiazole rings is 1. The van der Waals surface area contributed by atoms with E-state index in [1.54, 1.807) is 27.7 Å². The van der Waals surface area contributed by atoms with Crippen molar-refractivity contribution in [2.45, 2.75) is 24.4 Å². The molecule has 0 bridgehead atoms. The van der Waals surface area contributed by atoms with Gasteiger partial charge in [0.1, 0.15) is 0 Å². The quantitative estimate of drug-likeness (QED) is 0.401. The molecule has 29 heavy (non-hydrogen) atoms. The second-order valence-electron chi connectivity index (χ2n) is 6.66. The van der Waals surface area contributed by atoms with E-state index in [1.165, 1.54) is 0 Å². The lowest BCUT2D eigenvalue weighted by Gasteiger charge is -2.11. The molecular formula is C21H17N5OS2. The van der Waals surface area contributed by atoms with Gasteiger partial charge >= 0.3 is 0 Å². The smallest absolute Gasteiger partial charge is 0.263 e. The van der Waals surface area contributed by atoms with Crippen molar-refractivity contribution < 1.29 is 0 Å². The van der Waals surface area contributed by atoms with Crippen molar-refractivity contribution in [1.82, 2.24) is 24.1 Å². The number of fused-ring (bicyclic) bond motifs is 3. The summed E-state index contributed by atoms with van der Waals surface area (Å²) in [6.07, 6.45) is 0. The van der Waals surface area contributed by atoms with Gasteiger partial charge in [-0.1, -0.05) is 54.2 Å². The summed E-state index contributed by atoms with van der Waals surface area (Å²) in [5.74, 6) is 1.26. The van der Waals surface area contributed by atoms with Gasteiger partial charge in [-0.3, -0.25) is 13.8 Å². The minimum Gasteiger partial charge on any atom is -0.272 e. The van der Waals surface area contributed by atoms with Crippen LogP contribution in [-0.4, -0.2) is 24.1 Å². The van der Waals surface area contributed by atoms with Crippen LogP contribution in [0.3, 0.4) is 0 Å². The highest BCUT2D eigenvalue weighted by Crippen LogP contribution is 2.25. The molecule has 0 fully saturated rings. The topological polar surface area (TPSA) is 65.1 Å². The first-order valence-electron chi connectivity index (χ1n) is 9.15. The van der Waals surface area contributed by atoms with E-state index < -0.39 is 0 Å². The zero-order valence-electron chi connectivity index (χ0n) is 15.6. The summed E-state index contributed by atoms with van der Waals surface area (Å²) in [6, 6.07) is 17.5. The zero-order valence-corrected chi connectivity index (χ0v) is 17.3. The number of para-hydroxylation sites is 1. The summed E-state index contributed by atoms with van der Waals surface area (Å²) in [7, 11) is 0. The van der Waals surface area contributed by atoms with Crippen molar-refractivity contribution in [3.8, 4) is 0 Å². The zero-order chi connectivity index (χ0) is 19.8. The SMILES string of the molecule is Cc1nc(CSc2nnc3n(Cc4ccccc4)c(=O)c4ccccc4n23)cs1. The molecule has 5 aromatic rings. The molecule has 6 nitrogen and oxygen atoms in total. The Morgan fingerprint density at radius 2 is 1.83 bits per heavy atom. The Hall–Kier alpha value is -2.97. The fraction of sp³-hybridized carbons (Fsp3) is 0.143. The van der Waals surface area contributed by atoms with Gasteiger partial charge in [0.15, 0.2) is 5.16 Å². The van der Waals surface area contributed by atoms with Gasteiger partial charge in [-0.15, -0.1) is 21.5 Å². The lowest BCUT2D eigenvalue weighted by atomic mass is 10.2. The van der Waals surface area contributed by atoms with E-state index in [-0.39, 0.29) is 5.56 Å². The maximum Gasteiger partial charge on any atom is 0.263 e. The van der Waals surface area contributed by atoms with E-state index in [2.05, 4.69) is 20.6 Å². The second-order valence-corrected chi connectivity index (χ2v) is 8.66. The molecule has 0 aliphatic heterocycles. The van der Waals surface area contributed by atoms with Crippen LogP contribution in [0.1, 0.15) is 16.3 Å². The summed E-state index contributed by atoms with van der Waals surface area (Å²) in [5.41, 5.74) is 2.83. The lowest BCUT2D eigenvalue weighted by Crippen LogP contribution is -2.24. The third-order valence-electron chi connectivity index (χ3n) is 4.68. The number of aromatic nitrogens is 5.